The van der Waals surface area contributed by atoms with Gasteiger partial charge in [-0.25, -0.2) is 0 Å². The minimum absolute atomic E-state index is 0.191. The minimum atomic E-state index is -0.936. The van der Waals surface area contributed by atoms with E-state index in [1.54, 1.807) is 0 Å². The molecule has 0 spiro atoms. The van der Waals surface area contributed by atoms with Gasteiger partial charge in [-0.3, -0.25) is 0 Å². The predicted molar refractivity (Wildman–Crippen MR) is 35.8 cm³/mol. The molecule has 0 fully saturated rings. The highest BCUT2D eigenvalue weighted by molar-refractivity contribution is 4.77. The van der Waals surface area contributed by atoms with Crippen LogP contribution in [-0.2, 0) is 9.47 Å². The Morgan fingerprint density at radius 1 is 1.20 bits per heavy atom. The molecule has 0 aromatic heterocycles. The summed E-state index contributed by atoms with van der Waals surface area (Å²) in [5.74, 6) is 0. The highest BCUT2D eigenvalue weighted by atomic mass is 16.5. The van der Waals surface area contributed by atoms with Gasteiger partial charge < -0.3 is 19.7 Å². The van der Waals surface area contributed by atoms with Crippen molar-refractivity contribution in [3.05, 3.63) is 0 Å². The lowest BCUT2D eigenvalue weighted by Gasteiger charge is -2.26. The van der Waals surface area contributed by atoms with Gasteiger partial charge in [0.05, 0.1) is 19.8 Å². The van der Waals surface area contributed by atoms with E-state index in [0.29, 0.717) is 0 Å². The second-order valence-electron chi connectivity index (χ2n) is 2.14. The highest BCUT2D eigenvalue weighted by Crippen LogP contribution is 2.07. The van der Waals surface area contributed by atoms with Crippen LogP contribution in [-0.4, -0.2) is 49.9 Å². The number of hydrogen-bond acceptors (Lipinski definition) is 4. The van der Waals surface area contributed by atoms with Gasteiger partial charge in [-0.15, -0.1) is 0 Å². The van der Waals surface area contributed by atoms with Crippen LogP contribution < -0.4 is 0 Å². The second-order valence-corrected chi connectivity index (χ2v) is 2.14. The largest absolute Gasteiger partial charge is 0.393 e. The van der Waals surface area contributed by atoms with Crippen molar-refractivity contribution in [1.29, 1.82) is 0 Å². The van der Waals surface area contributed by atoms with Crippen molar-refractivity contribution in [2.45, 2.75) is 5.60 Å². The third-order valence-electron chi connectivity index (χ3n) is 1.42. The molecule has 0 aliphatic heterocycles. The van der Waals surface area contributed by atoms with E-state index in [9.17, 15) is 0 Å². The first-order chi connectivity index (χ1) is 4.74. The van der Waals surface area contributed by atoms with Crippen LogP contribution in [0.15, 0.2) is 0 Å². The third kappa shape index (κ3) is 2.22. The van der Waals surface area contributed by atoms with Crippen LogP contribution >= 0.6 is 0 Å². The molecule has 0 unspecified atom stereocenters. The molecule has 0 aromatic rings. The molecule has 10 heavy (non-hydrogen) atoms. The maximum Gasteiger partial charge on any atom is 0.137 e. The van der Waals surface area contributed by atoms with Gasteiger partial charge in [-0.05, 0) is 0 Å². The van der Waals surface area contributed by atoms with E-state index < -0.39 is 5.60 Å². The Morgan fingerprint density at radius 2 is 1.70 bits per heavy atom. The average molecular weight is 150 g/mol. The van der Waals surface area contributed by atoms with Gasteiger partial charge in [0.25, 0.3) is 0 Å². The SMILES string of the molecule is COCC(CO)(CO)OC. The maximum atomic E-state index is 8.74. The number of aliphatic hydroxyl groups excluding tert-OH is 2. The van der Waals surface area contributed by atoms with Gasteiger partial charge in [0.2, 0.25) is 0 Å². The monoisotopic (exact) mass is 150 g/mol. The van der Waals surface area contributed by atoms with E-state index in [1.807, 2.05) is 0 Å². The number of hydrogen-bond donors (Lipinski definition) is 2. The number of ether oxygens (including phenoxy) is 2. The van der Waals surface area contributed by atoms with Crippen LogP contribution in [0.1, 0.15) is 0 Å². The topological polar surface area (TPSA) is 58.9 Å². The summed E-state index contributed by atoms with van der Waals surface area (Å²) < 4.78 is 9.59. The molecule has 0 rings (SSSR count). The Bertz CT molecular complexity index is 71.6. The first-order valence-corrected chi connectivity index (χ1v) is 3.00. The zero-order valence-electron chi connectivity index (χ0n) is 6.33. The van der Waals surface area contributed by atoms with Crippen molar-refractivity contribution < 1.29 is 19.7 Å². The first kappa shape index (κ1) is 9.84. The summed E-state index contributed by atoms with van der Waals surface area (Å²) in [6.45, 7) is -0.293. The van der Waals surface area contributed by atoms with Crippen LogP contribution in [0.25, 0.3) is 0 Å². The van der Waals surface area contributed by atoms with Crippen LogP contribution in [0.4, 0.5) is 0 Å². The lowest BCUT2D eigenvalue weighted by molar-refractivity contribution is -0.120. The maximum absolute atomic E-state index is 8.74. The molecule has 4 nitrogen and oxygen atoms in total. The molecule has 0 aromatic carbocycles. The molecule has 4 heteroatoms. The van der Waals surface area contributed by atoms with Crippen LogP contribution in [0.5, 0.6) is 0 Å². The van der Waals surface area contributed by atoms with Gasteiger partial charge in [-0.1, -0.05) is 0 Å². The normalized spacial score (nSPS) is 12.0. The molecule has 2 N–H and O–H groups in total. The molecule has 0 atom stereocenters. The fourth-order valence-corrected chi connectivity index (χ4v) is 0.592. The summed E-state index contributed by atoms with van der Waals surface area (Å²) >= 11 is 0. The molecule has 0 aliphatic carbocycles. The Morgan fingerprint density at radius 3 is 1.80 bits per heavy atom. The minimum Gasteiger partial charge on any atom is -0.393 e. The van der Waals surface area contributed by atoms with E-state index >= 15 is 0 Å². The summed E-state index contributed by atoms with van der Waals surface area (Å²) in [7, 11) is 2.91. The van der Waals surface area contributed by atoms with Crippen LogP contribution in [0.2, 0.25) is 0 Å². The number of aliphatic hydroxyl groups is 2. The van der Waals surface area contributed by atoms with Gasteiger partial charge in [0.15, 0.2) is 0 Å². The first-order valence-electron chi connectivity index (χ1n) is 3.00. The molecule has 0 aliphatic rings. The van der Waals surface area contributed by atoms with E-state index in [4.69, 9.17) is 19.7 Å². The standard InChI is InChI=1S/C6H14O4/c1-9-5-6(3-7,4-8)10-2/h7-8H,3-5H2,1-2H3. The van der Waals surface area contributed by atoms with Crippen molar-refractivity contribution >= 4 is 0 Å². The molecule has 0 saturated carbocycles. The van der Waals surface area contributed by atoms with Gasteiger partial charge >= 0.3 is 0 Å². The molecule has 0 saturated heterocycles. The molecular formula is C6H14O4. The lowest BCUT2D eigenvalue weighted by Crippen LogP contribution is -2.44. The summed E-state index contributed by atoms with van der Waals surface area (Å²) in [6, 6.07) is 0. The molecule has 0 radical (unpaired) electrons. The summed E-state index contributed by atoms with van der Waals surface area (Å²) in [5.41, 5.74) is -0.936. The van der Waals surface area contributed by atoms with Crippen molar-refractivity contribution in [1.82, 2.24) is 0 Å². The molecule has 62 valence electrons. The Labute approximate surface area is 60.4 Å². The fraction of sp³-hybridized carbons (Fsp3) is 1.00. The molecule has 0 bridgehead atoms. The summed E-state index contributed by atoms with van der Waals surface area (Å²) in [5, 5.41) is 17.5. The zero-order chi connectivity index (χ0) is 8.04. The van der Waals surface area contributed by atoms with Crippen molar-refractivity contribution in [3.63, 3.8) is 0 Å². The average Bonchev–Trinajstić information content (AvgIpc) is 2.01. The third-order valence-corrected chi connectivity index (χ3v) is 1.42. The molecular weight excluding hydrogens is 136 g/mol. The van der Waals surface area contributed by atoms with Gasteiger partial charge in [0.1, 0.15) is 5.60 Å². The van der Waals surface area contributed by atoms with E-state index in [-0.39, 0.29) is 19.8 Å². The van der Waals surface area contributed by atoms with E-state index in [2.05, 4.69) is 0 Å². The van der Waals surface area contributed by atoms with E-state index in [0.717, 1.165) is 0 Å². The summed E-state index contributed by atoms with van der Waals surface area (Å²) in [6.07, 6.45) is 0. The highest BCUT2D eigenvalue weighted by Gasteiger charge is 2.27. The Kier molecular flexibility index (Phi) is 4.55. The van der Waals surface area contributed by atoms with Crippen molar-refractivity contribution in [3.8, 4) is 0 Å². The Balaban J connectivity index is 3.87. The smallest absolute Gasteiger partial charge is 0.137 e. The second kappa shape index (κ2) is 4.62. The van der Waals surface area contributed by atoms with Crippen molar-refractivity contribution in [2.75, 3.05) is 34.0 Å². The molecule has 0 heterocycles. The van der Waals surface area contributed by atoms with Gasteiger partial charge in [-0.2, -0.15) is 0 Å². The Hall–Kier alpha value is -0.160. The molecule has 0 amide bonds. The predicted octanol–water partition coefficient (Wildman–Crippen LogP) is -0.997. The quantitative estimate of drug-likeness (QED) is 0.528. The van der Waals surface area contributed by atoms with Crippen LogP contribution in [0.3, 0.4) is 0 Å². The van der Waals surface area contributed by atoms with Crippen LogP contribution in [0, 0.1) is 0 Å². The van der Waals surface area contributed by atoms with Gasteiger partial charge in [0, 0.05) is 14.2 Å². The van der Waals surface area contributed by atoms with E-state index in [1.165, 1.54) is 14.2 Å². The zero-order valence-corrected chi connectivity index (χ0v) is 6.33. The fourth-order valence-electron chi connectivity index (χ4n) is 0.592. The summed E-state index contributed by atoms with van der Waals surface area (Å²) in [4.78, 5) is 0. The number of rotatable bonds is 5. The van der Waals surface area contributed by atoms with Crippen molar-refractivity contribution in [2.24, 2.45) is 0 Å². The lowest BCUT2D eigenvalue weighted by atomic mass is 10.1. The number of methoxy groups -OCH3 is 2.